The Morgan fingerprint density at radius 1 is 0.930 bits per heavy atom. The average Bonchev–Trinajstić information content (AvgIpc) is 3.35. The van der Waals surface area contributed by atoms with Crippen LogP contribution < -0.4 is 10.4 Å². The van der Waals surface area contributed by atoms with Crippen LogP contribution >= 0.6 is 7.75 Å². The first kappa shape index (κ1) is 32.0. The lowest BCUT2D eigenvalue weighted by Gasteiger charge is -2.32. The summed E-state index contributed by atoms with van der Waals surface area (Å²) in [5.41, 5.74) is 4.90. The molecule has 1 aromatic heterocycles. The van der Waals surface area contributed by atoms with Crippen LogP contribution in [-0.4, -0.2) is 35.8 Å². The molecule has 2 aromatic carbocycles. The van der Waals surface area contributed by atoms with Gasteiger partial charge in [-0.15, -0.1) is 0 Å². The summed E-state index contributed by atoms with van der Waals surface area (Å²) in [6.45, 7) is 7.46. The number of benzene rings is 2. The monoisotopic (exact) mass is 607 g/mol. The molecule has 43 heavy (non-hydrogen) atoms. The molecule has 0 aliphatic heterocycles. The summed E-state index contributed by atoms with van der Waals surface area (Å²) in [5.74, 6) is 0.777. The van der Waals surface area contributed by atoms with Crippen molar-refractivity contribution in [3.63, 3.8) is 0 Å². The maximum atomic E-state index is 13.7. The van der Waals surface area contributed by atoms with Crippen LogP contribution in [0.5, 0.6) is 0 Å². The summed E-state index contributed by atoms with van der Waals surface area (Å²) >= 11 is 0. The van der Waals surface area contributed by atoms with Crippen LogP contribution in [0, 0.1) is 12.8 Å². The van der Waals surface area contributed by atoms with E-state index < -0.39 is 7.75 Å². The standard InChI is InChI=1S/C35H50N3O4P/c1-4-41-43(40,42-5-2)37-30-20-18-29(19-21-30)36-35(39)23-32(28-15-11-12-26(3)22-28)33-25-38(24-27-13-7-6-8-14-27)34-17-10-9-16-31(33)34/h9-12,15-17,22,25,27,29-30,32H,4-8,13-14,18-21,23-24H2,1-3H3,(H,36,39)(H,37,40)/t29-,30-,32?. The van der Waals surface area contributed by atoms with E-state index in [1.54, 1.807) is 0 Å². The summed E-state index contributed by atoms with van der Waals surface area (Å²) in [4.78, 5) is 13.7. The fourth-order valence-corrected chi connectivity index (χ4v) is 8.77. The number of carbonyl (C=O) groups is 1. The fourth-order valence-electron chi connectivity index (χ4n) is 7.16. The highest BCUT2D eigenvalue weighted by Gasteiger charge is 2.32. The highest BCUT2D eigenvalue weighted by molar-refractivity contribution is 7.51. The van der Waals surface area contributed by atoms with Gasteiger partial charge >= 0.3 is 7.75 Å². The lowest BCUT2D eigenvalue weighted by molar-refractivity contribution is -0.122. The first-order chi connectivity index (χ1) is 20.9. The van der Waals surface area contributed by atoms with Gasteiger partial charge in [0.1, 0.15) is 0 Å². The normalized spacial score (nSPS) is 20.7. The molecule has 0 bridgehead atoms. The lowest BCUT2D eigenvalue weighted by atomic mass is 9.86. The molecular formula is C35H50N3O4P. The minimum Gasteiger partial charge on any atom is -0.353 e. The van der Waals surface area contributed by atoms with Crippen LogP contribution in [0.15, 0.2) is 54.7 Å². The Balaban J connectivity index is 1.30. The summed E-state index contributed by atoms with van der Waals surface area (Å²) in [7, 11) is -3.30. The number of nitrogens with zero attached hydrogens (tertiary/aromatic N) is 1. The number of para-hydroxylation sites is 1. The molecule has 2 aliphatic rings. The summed E-state index contributed by atoms with van der Waals surface area (Å²) in [5, 5.41) is 7.73. The third-order valence-electron chi connectivity index (χ3n) is 9.24. The van der Waals surface area contributed by atoms with Gasteiger partial charge in [0, 0.05) is 48.1 Å². The van der Waals surface area contributed by atoms with Gasteiger partial charge in [0.15, 0.2) is 0 Å². The second-order valence-corrected chi connectivity index (χ2v) is 14.3. The van der Waals surface area contributed by atoms with Crippen LogP contribution in [0.25, 0.3) is 10.9 Å². The summed E-state index contributed by atoms with van der Waals surface area (Å²) in [6, 6.07) is 17.5. The number of aromatic nitrogens is 1. The van der Waals surface area contributed by atoms with Gasteiger partial charge < -0.3 is 9.88 Å². The highest BCUT2D eigenvalue weighted by atomic mass is 31.2. The molecule has 2 fully saturated rings. The van der Waals surface area contributed by atoms with Crippen LogP contribution in [0.4, 0.5) is 0 Å². The van der Waals surface area contributed by atoms with E-state index in [0.717, 1.165) is 38.1 Å². The molecule has 1 atom stereocenters. The molecule has 7 nitrogen and oxygen atoms in total. The molecular weight excluding hydrogens is 557 g/mol. The number of aryl methyl sites for hydroxylation is 1. The van der Waals surface area contributed by atoms with Gasteiger partial charge in [0.2, 0.25) is 5.91 Å². The smallest absolute Gasteiger partial charge is 0.353 e. The topological polar surface area (TPSA) is 81.6 Å². The van der Waals surface area contributed by atoms with Gasteiger partial charge in [0.05, 0.1) is 13.2 Å². The van der Waals surface area contributed by atoms with Gasteiger partial charge in [-0.2, -0.15) is 0 Å². The molecule has 0 radical (unpaired) electrons. The van der Waals surface area contributed by atoms with Crippen LogP contribution in [-0.2, 0) is 25.0 Å². The first-order valence-corrected chi connectivity index (χ1v) is 18.0. The van der Waals surface area contributed by atoms with E-state index in [2.05, 4.69) is 76.6 Å². The summed E-state index contributed by atoms with van der Waals surface area (Å²) in [6.07, 6.45) is 12.7. The number of carbonyl (C=O) groups excluding carboxylic acids is 1. The number of hydrogen-bond acceptors (Lipinski definition) is 4. The Bertz CT molecular complexity index is 1380. The van der Waals surface area contributed by atoms with Crippen LogP contribution in [0.3, 0.4) is 0 Å². The van der Waals surface area contributed by atoms with E-state index >= 15 is 0 Å². The van der Waals surface area contributed by atoms with E-state index in [1.807, 2.05) is 13.8 Å². The van der Waals surface area contributed by atoms with Crippen molar-refractivity contribution in [1.29, 1.82) is 0 Å². The minimum atomic E-state index is -3.30. The molecule has 234 valence electrons. The van der Waals surface area contributed by atoms with Crippen molar-refractivity contribution in [3.05, 3.63) is 71.4 Å². The van der Waals surface area contributed by atoms with Gasteiger partial charge in [-0.25, -0.2) is 9.65 Å². The van der Waals surface area contributed by atoms with Crippen molar-refractivity contribution in [2.24, 2.45) is 5.92 Å². The minimum absolute atomic E-state index is 0.0290. The molecule has 5 rings (SSSR count). The molecule has 2 aliphatic carbocycles. The van der Waals surface area contributed by atoms with E-state index in [9.17, 15) is 9.36 Å². The van der Waals surface area contributed by atoms with Crippen LogP contribution in [0.1, 0.15) is 101 Å². The molecule has 0 spiro atoms. The Labute approximate surface area is 257 Å². The third kappa shape index (κ3) is 8.39. The van der Waals surface area contributed by atoms with Gasteiger partial charge in [0.25, 0.3) is 0 Å². The van der Waals surface area contributed by atoms with Crippen molar-refractivity contribution < 1.29 is 18.4 Å². The number of fused-ring (bicyclic) bond motifs is 1. The van der Waals surface area contributed by atoms with E-state index in [1.165, 1.54) is 59.7 Å². The number of nitrogens with one attached hydrogen (secondary N) is 2. The predicted molar refractivity (Wildman–Crippen MR) is 174 cm³/mol. The molecule has 1 heterocycles. The Hall–Kier alpha value is -2.44. The second-order valence-electron chi connectivity index (χ2n) is 12.5. The quantitative estimate of drug-likeness (QED) is 0.191. The predicted octanol–water partition coefficient (Wildman–Crippen LogP) is 8.25. The van der Waals surface area contributed by atoms with E-state index in [0.29, 0.717) is 19.6 Å². The molecule has 2 N–H and O–H groups in total. The number of rotatable bonds is 13. The zero-order chi connectivity index (χ0) is 30.2. The average molecular weight is 608 g/mol. The molecule has 2 saturated carbocycles. The number of amides is 1. The Morgan fingerprint density at radius 2 is 1.63 bits per heavy atom. The largest absolute Gasteiger partial charge is 0.405 e. The Morgan fingerprint density at radius 3 is 2.33 bits per heavy atom. The maximum Gasteiger partial charge on any atom is 0.405 e. The second kappa shape index (κ2) is 15.0. The van der Waals surface area contributed by atoms with E-state index in [4.69, 9.17) is 9.05 Å². The van der Waals surface area contributed by atoms with Crippen LogP contribution in [0.2, 0.25) is 0 Å². The molecule has 1 amide bonds. The highest BCUT2D eigenvalue weighted by Crippen LogP contribution is 2.45. The third-order valence-corrected chi connectivity index (χ3v) is 11.1. The van der Waals surface area contributed by atoms with Gasteiger partial charge in [-0.05, 0) is 82.4 Å². The fraction of sp³-hybridized carbons (Fsp3) is 0.571. The van der Waals surface area contributed by atoms with Crippen molar-refractivity contribution in [2.45, 2.75) is 110 Å². The molecule has 1 unspecified atom stereocenters. The zero-order valence-corrected chi connectivity index (χ0v) is 27.1. The maximum absolute atomic E-state index is 13.7. The Kier molecular flexibility index (Phi) is 11.2. The first-order valence-electron chi connectivity index (χ1n) is 16.5. The summed E-state index contributed by atoms with van der Waals surface area (Å²) < 4.78 is 26.2. The lowest BCUT2D eigenvalue weighted by Crippen LogP contribution is -2.42. The van der Waals surface area contributed by atoms with Gasteiger partial charge in [-0.3, -0.25) is 13.8 Å². The molecule has 0 saturated heterocycles. The SMILES string of the molecule is CCOP(=O)(N[C@H]1CC[C@H](NC(=O)CC(c2cccc(C)c2)c2cn(CC3CCCCC3)c3ccccc23)CC1)OCC. The van der Waals surface area contributed by atoms with E-state index in [-0.39, 0.29) is 23.9 Å². The van der Waals surface area contributed by atoms with Crippen molar-refractivity contribution in [3.8, 4) is 0 Å². The molecule has 3 aromatic rings. The van der Waals surface area contributed by atoms with Crippen molar-refractivity contribution >= 4 is 24.6 Å². The van der Waals surface area contributed by atoms with Crippen molar-refractivity contribution in [1.82, 2.24) is 15.0 Å². The number of hydrogen-bond donors (Lipinski definition) is 2. The zero-order valence-electron chi connectivity index (χ0n) is 26.2. The van der Waals surface area contributed by atoms with Gasteiger partial charge in [-0.1, -0.05) is 67.3 Å². The molecule has 8 heteroatoms. The van der Waals surface area contributed by atoms with Crippen molar-refractivity contribution in [2.75, 3.05) is 13.2 Å².